The van der Waals surface area contributed by atoms with Crippen LogP contribution in [0, 0.1) is 6.92 Å². The molecule has 0 saturated carbocycles. The van der Waals surface area contributed by atoms with Gasteiger partial charge >= 0.3 is 5.97 Å². The second-order valence-electron chi connectivity index (χ2n) is 4.38. The Kier molecular flexibility index (Phi) is 5.92. The highest BCUT2D eigenvalue weighted by atomic mass is 16.5. The summed E-state index contributed by atoms with van der Waals surface area (Å²) >= 11 is 0. The van der Waals surface area contributed by atoms with E-state index in [1.165, 1.54) is 13.2 Å². The van der Waals surface area contributed by atoms with E-state index in [1.54, 1.807) is 13.0 Å². The number of carboxylic acid groups (broad SMARTS) is 1. The van der Waals surface area contributed by atoms with Crippen LogP contribution in [0.1, 0.15) is 28.9 Å². The summed E-state index contributed by atoms with van der Waals surface area (Å²) in [6, 6.07) is 1.91. The number of carbonyl (C=O) groups is 2. The third-order valence-electron chi connectivity index (χ3n) is 2.74. The Morgan fingerprint density at radius 3 is 2.70 bits per heavy atom. The van der Waals surface area contributed by atoms with Crippen molar-refractivity contribution >= 4 is 11.9 Å². The monoisotopic (exact) mass is 282 g/mol. The highest BCUT2D eigenvalue weighted by molar-refractivity contribution is 5.96. The summed E-state index contributed by atoms with van der Waals surface area (Å²) in [7, 11) is 1.51. The quantitative estimate of drug-likeness (QED) is 0.623. The van der Waals surface area contributed by atoms with Crippen LogP contribution in [0.2, 0.25) is 0 Å². The van der Waals surface area contributed by atoms with E-state index in [1.807, 2.05) is 0 Å². The van der Waals surface area contributed by atoms with E-state index in [0.717, 1.165) is 0 Å². The topological polar surface area (TPSA) is 108 Å². The predicted molar refractivity (Wildman–Crippen MR) is 71.8 cm³/mol. The number of amides is 1. The van der Waals surface area contributed by atoms with Crippen LogP contribution in [-0.2, 0) is 9.53 Å². The van der Waals surface area contributed by atoms with Crippen molar-refractivity contribution in [1.29, 1.82) is 0 Å². The number of hydrogen-bond acceptors (Lipinski definition) is 4. The smallest absolute Gasteiger partial charge is 0.326 e. The van der Waals surface area contributed by atoms with E-state index in [0.29, 0.717) is 18.7 Å². The molecule has 0 aliphatic rings. The largest absolute Gasteiger partial charge is 0.480 e. The van der Waals surface area contributed by atoms with Crippen molar-refractivity contribution in [2.24, 2.45) is 0 Å². The van der Waals surface area contributed by atoms with Crippen LogP contribution in [-0.4, -0.2) is 41.7 Å². The van der Waals surface area contributed by atoms with E-state index < -0.39 is 23.5 Å². The Hall–Kier alpha value is -2.15. The molecule has 1 heterocycles. The van der Waals surface area contributed by atoms with Gasteiger partial charge in [0, 0.05) is 19.4 Å². The molecule has 7 nitrogen and oxygen atoms in total. The number of nitrogens with one attached hydrogen (secondary N) is 2. The van der Waals surface area contributed by atoms with Crippen LogP contribution in [0.25, 0.3) is 0 Å². The standard InChI is InChI=1S/C13H18N2O5/c1-8-5-6-9(11(16)14-8)12(17)15-10(13(18)19)4-3-7-20-2/h5-6,10H,3-4,7H2,1-2H3,(H,14,16)(H,15,17)(H,18,19). The first-order chi connectivity index (χ1) is 9.45. The summed E-state index contributed by atoms with van der Waals surface area (Å²) in [5.41, 5.74) is -0.0152. The molecule has 1 unspecified atom stereocenters. The van der Waals surface area contributed by atoms with Gasteiger partial charge in [-0.25, -0.2) is 4.79 Å². The number of rotatable bonds is 7. The van der Waals surface area contributed by atoms with E-state index in [-0.39, 0.29) is 12.0 Å². The molecule has 3 N–H and O–H groups in total. The van der Waals surface area contributed by atoms with E-state index >= 15 is 0 Å². The van der Waals surface area contributed by atoms with Crippen LogP contribution < -0.4 is 10.9 Å². The Morgan fingerprint density at radius 1 is 1.45 bits per heavy atom. The average Bonchev–Trinajstić information content (AvgIpc) is 2.37. The SMILES string of the molecule is COCCCC(NC(=O)c1ccc(C)[nH]c1=O)C(=O)O. The molecule has 20 heavy (non-hydrogen) atoms. The molecule has 1 amide bonds. The number of ether oxygens (including phenoxy) is 1. The Bertz CT molecular complexity index is 538. The molecule has 0 fully saturated rings. The van der Waals surface area contributed by atoms with Gasteiger partial charge in [-0.3, -0.25) is 9.59 Å². The predicted octanol–water partition coefficient (Wildman–Crippen LogP) is 0.293. The van der Waals surface area contributed by atoms with Crippen molar-refractivity contribution in [2.75, 3.05) is 13.7 Å². The zero-order chi connectivity index (χ0) is 15.1. The first kappa shape index (κ1) is 15.9. The normalized spacial score (nSPS) is 11.9. The molecule has 0 bridgehead atoms. The molecule has 7 heteroatoms. The molecule has 0 radical (unpaired) electrons. The van der Waals surface area contributed by atoms with Crippen LogP contribution in [0.15, 0.2) is 16.9 Å². The number of hydrogen-bond donors (Lipinski definition) is 3. The molecular weight excluding hydrogens is 264 g/mol. The Morgan fingerprint density at radius 2 is 2.15 bits per heavy atom. The number of methoxy groups -OCH3 is 1. The van der Waals surface area contributed by atoms with Crippen molar-refractivity contribution in [1.82, 2.24) is 10.3 Å². The lowest BCUT2D eigenvalue weighted by Crippen LogP contribution is -2.42. The number of aryl methyl sites for hydroxylation is 1. The van der Waals surface area contributed by atoms with Crippen molar-refractivity contribution < 1.29 is 19.4 Å². The summed E-state index contributed by atoms with van der Waals surface area (Å²) in [6.45, 7) is 2.10. The molecular formula is C13H18N2O5. The second-order valence-corrected chi connectivity index (χ2v) is 4.38. The lowest BCUT2D eigenvalue weighted by molar-refractivity contribution is -0.139. The highest BCUT2D eigenvalue weighted by Gasteiger charge is 2.21. The van der Waals surface area contributed by atoms with E-state index in [9.17, 15) is 14.4 Å². The number of H-pyrrole nitrogens is 1. The average molecular weight is 282 g/mol. The van der Waals surface area contributed by atoms with Gasteiger partial charge in [0.2, 0.25) is 0 Å². The summed E-state index contributed by atoms with van der Waals surface area (Å²) in [5, 5.41) is 11.4. The third-order valence-corrected chi connectivity index (χ3v) is 2.74. The van der Waals surface area contributed by atoms with E-state index in [4.69, 9.17) is 9.84 Å². The van der Waals surface area contributed by atoms with E-state index in [2.05, 4.69) is 10.3 Å². The van der Waals surface area contributed by atoms with Crippen LogP contribution in [0.3, 0.4) is 0 Å². The summed E-state index contributed by atoms with van der Waals surface area (Å²) in [6.07, 6.45) is 0.733. The lowest BCUT2D eigenvalue weighted by Gasteiger charge is -2.14. The zero-order valence-corrected chi connectivity index (χ0v) is 11.4. The summed E-state index contributed by atoms with van der Waals surface area (Å²) < 4.78 is 4.83. The van der Waals surface area contributed by atoms with Crippen molar-refractivity contribution in [3.63, 3.8) is 0 Å². The molecule has 110 valence electrons. The number of carbonyl (C=O) groups excluding carboxylic acids is 1. The summed E-state index contributed by atoms with van der Waals surface area (Å²) in [4.78, 5) is 37.1. The van der Waals surface area contributed by atoms with Crippen molar-refractivity contribution in [3.8, 4) is 0 Å². The molecule has 0 aliphatic carbocycles. The van der Waals surface area contributed by atoms with Gasteiger partial charge in [0.1, 0.15) is 11.6 Å². The third kappa shape index (κ3) is 4.51. The summed E-state index contributed by atoms with van der Waals surface area (Å²) in [5.74, 6) is -1.84. The molecule has 0 aromatic carbocycles. The maximum atomic E-state index is 11.9. The second kappa shape index (κ2) is 7.44. The van der Waals surface area contributed by atoms with Crippen molar-refractivity contribution in [2.45, 2.75) is 25.8 Å². The fourth-order valence-electron chi connectivity index (χ4n) is 1.68. The fourth-order valence-corrected chi connectivity index (χ4v) is 1.68. The number of aromatic amines is 1. The molecule has 1 aromatic rings. The van der Waals surface area contributed by atoms with Crippen LogP contribution in [0.5, 0.6) is 0 Å². The number of carboxylic acids is 1. The van der Waals surface area contributed by atoms with Crippen LogP contribution in [0.4, 0.5) is 0 Å². The molecule has 0 spiro atoms. The van der Waals surface area contributed by atoms with Gasteiger partial charge in [-0.05, 0) is 31.9 Å². The first-order valence-corrected chi connectivity index (χ1v) is 6.18. The zero-order valence-electron chi connectivity index (χ0n) is 11.4. The minimum absolute atomic E-state index is 0.103. The van der Waals surface area contributed by atoms with Crippen molar-refractivity contribution in [3.05, 3.63) is 33.7 Å². The van der Waals surface area contributed by atoms with Gasteiger partial charge in [-0.15, -0.1) is 0 Å². The van der Waals surface area contributed by atoms with Gasteiger partial charge < -0.3 is 20.1 Å². The molecule has 1 aromatic heterocycles. The number of aromatic nitrogens is 1. The molecule has 1 atom stereocenters. The molecule has 0 saturated heterocycles. The number of aliphatic carboxylic acids is 1. The van der Waals surface area contributed by atoms with Gasteiger partial charge in [-0.1, -0.05) is 0 Å². The lowest BCUT2D eigenvalue weighted by atomic mass is 10.1. The maximum absolute atomic E-state index is 11.9. The first-order valence-electron chi connectivity index (χ1n) is 6.18. The molecule has 0 aliphatic heterocycles. The van der Waals surface area contributed by atoms with Gasteiger partial charge in [0.25, 0.3) is 11.5 Å². The maximum Gasteiger partial charge on any atom is 0.326 e. The highest BCUT2D eigenvalue weighted by Crippen LogP contribution is 2.01. The minimum atomic E-state index is -1.14. The van der Waals surface area contributed by atoms with Gasteiger partial charge in [0.05, 0.1) is 0 Å². The van der Waals surface area contributed by atoms with Crippen LogP contribution >= 0.6 is 0 Å². The minimum Gasteiger partial charge on any atom is -0.480 e. The Balaban J connectivity index is 2.75. The molecule has 1 rings (SSSR count). The fraction of sp³-hybridized carbons (Fsp3) is 0.462. The number of pyridine rings is 1. The Labute approximate surface area is 116 Å². The van der Waals surface area contributed by atoms with Gasteiger partial charge in [0.15, 0.2) is 0 Å². The van der Waals surface area contributed by atoms with Gasteiger partial charge in [-0.2, -0.15) is 0 Å².